The van der Waals surface area contributed by atoms with E-state index >= 15 is 0 Å². The molecule has 4 heterocycles. The summed E-state index contributed by atoms with van der Waals surface area (Å²) in [7, 11) is -3.57. The zero-order chi connectivity index (χ0) is 29.5. The third-order valence-electron chi connectivity index (χ3n) is 6.50. The lowest BCUT2D eigenvalue weighted by Crippen LogP contribution is -2.44. The van der Waals surface area contributed by atoms with Gasteiger partial charge in [-0.3, -0.25) is 19.1 Å². The van der Waals surface area contributed by atoms with Gasteiger partial charge in [-0.25, -0.2) is 27.8 Å². The highest BCUT2D eigenvalue weighted by atomic mass is 79.9. The van der Waals surface area contributed by atoms with E-state index in [0.717, 1.165) is 6.26 Å². The van der Waals surface area contributed by atoms with E-state index in [-0.39, 0.29) is 42.0 Å². The number of likely N-dealkylation sites (tertiary alicyclic amines) is 1. The van der Waals surface area contributed by atoms with Crippen LogP contribution in [0.3, 0.4) is 0 Å². The van der Waals surface area contributed by atoms with Gasteiger partial charge in [-0.05, 0) is 45.8 Å². The van der Waals surface area contributed by atoms with Crippen LogP contribution in [0.15, 0.2) is 58.6 Å². The van der Waals surface area contributed by atoms with Crippen LogP contribution in [0.4, 0.5) is 10.2 Å². The summed E-state index contributed by atoms with van der Waals surface area (Å²) in [4.78, 5) is 51.9. The molecule has 212 valence electrons. The third-order valence-corrected chi connectivity index (χ3v) is 7.82. The molecule has 1 fully saturated rings. The number of fused-ring (bicyclic) bond motifs is 1. The number of hydrogen-bond acceptors (Lipinski definition) is 9. The van der Waals surface area contributed by atoms with E-state index in [4.69, 9.17) is 0 Å². The number of Topliss-reactive ketones (excluding diaryl/α,β-unsaturated/α-hetero) is 1. The summed E-state index contributed by atoms with van der Waals surface area (Å²) >= 11 is 3.23. The summed E-state index contributed by atoms with van der Waals surface area (Å²) in [6, 6.07) is 8.93. The van der Waals surface area contributed by atoms with E-state index in [1.807, 2.05) is 0 Å². The molecule has 41 heavy (non-hydrogen) atoms. The van der Waals surface area contributed by atoms with Crippen LogP contribution >= 0.6 is 15.9 Å². The molecule has 0 unspecified atom stereocenters. The Balaban J connectivity index is 1.41. The van der Waals surface area contributed by atoms with Crippen LogP contribution in [-0.4, -0.2) is 80.7 Å². The Kier molecular flexibility index (Phi) is 7.66. The Morgan fingerprint density at radius 1 is 1.12 bits per heavy atom. The standard InChI is InChI=1S/C26H23BrFN7O5S/c1-14(36)24-18-8-15(16-10-29-26(30-11-16)41(2,39)40)6-7-19(18)35(33-24)13-23(37)34-12-17(28)9-20(34)25(38)32-22-5-3-4-21(27)31-22/h3-8,10-11,17,20H,9,12-13H2,1-2H3,(H,31,32,38)/t17-,20+/m1/s1. The van der Waals surface area contributed by atoms with Crippen molar-refractivity contribution < 1.29 is 27.2 Å². The van der Waals surface area contributed by atoms with E-state index in [9.17, 15) is 27.2 Å². The minimum atomic E-state index is -3.57. The van der Waals surface area contributed by atoms with Crippen molar-refractivity contribution in [3.05, 3.63) is 59.1 Å². The number of halogens is 2. The van der Waals surface area contributed by atoms with Crippen molar-refractivity contribution in [1.82, 2.24) is 29.6 Å². The molecule has 15 heteroatoms. The Morgan fingerprint density at radius 2 is 1.85 bits per heavy atom. The molecule has 2 atom stereocenters. The lowest BCUT2D eigenvalue weighted by Gasteiger charge is -2.23. The molecule has 12 nitrogen and oxygen atoms in total. The largest absolute Gasteiger partial charge is 0.326 e. The predicted molar refractivity (Wildman–Crippen MR) is 149 cm³/mol. The van der Waals surface area contributed by atoms with E-state index in [0.29, 0.717) is 26.6 Å². The maximum absolute atomic E-state index is 14.4. The highest BCUT2D eigenvalue weighted by Gasteiger charge is 2.40. The number of carbonyl (C=O) groups is 3. The van der Waals surface area contributed by atoms with Gasteiger partial charge in [0.1, 0.15) is 34.9 Å². The van der Waals surface area contributed by atoms with Gasteiger partial charge in [0.05, 0.1) is 12.1 Å². The Morgan fingerprint density at radius 3 is 2.51 bits per heavy atom. The van der Waals surface area contributed by atoms with Crippen LogP contribution in [0.5, 0.6) is 0 Å². The first kappa shape index (κ1) is 28.4. The van der Waals surface area contributed by atoms with Crippen LogP contribution in [0.2, 0.25) is 0 Å². The number of hydrogen-bond donors (Lipinski definition) is 1. The van der Waals surface area contributed by atoms with Crippen molar-refractivity contribution in [2.24, 2.45) is 0 Å². The number of benzene rings is 1. The molecular formula is C26H23BrFN7O5S. The minimum Gasteiger partial charge on any atom is -0.326 e. The SMILES string of the molecule is CC(=O)c1nn(CC(=O)N2C[C@H](F)C[C@H]2C(=O)Nc2cccc(Br)n2)c2ccc(-c3cnc(S(C)(=O)=O)nc3)cc12. The quantitative estimate of drug-likeness (QED) is 0.182. The fourth-order valence-corrected chi connectivity index (χ4v) is 5.44. The number of anilines is 1. The minimum absolute atomic E-state index is 0.114. The summed E-state index contributed by atoms with van der Waals surface area (Å²) in [6.07, 6.45) is 2.19. The molecule has 0 radical (unpaired) electrons. The number of carbonyl (C=O) groups excluding carboxylic acids is 3. The highest BCUT2D eigenvalue weighted by Crippen LogP contribution is 2.28. The number of alkyl halides is 1. The van der Waals surface area contributed by atoms with Gasteiger partial charge in [-0.2, -0.15) is 5.10 Å². The number of rotatable bonds is 7. The number of nitrogens with zero attached hydrogens (tertiary/aromatic N) is 6. The molecule has 4 aromatic rings. The van der Waals surface area contributed by atoms with Gasteiger partial charge in [0, 0.05) is 42.9 Å². The molecule has 1 saturated heterocycles. The molecule has 1 aliphatic heterocycles. The molecule has 0 spiro atoms. The molecule has 0 aliphatic carbocycles. The zero-order valence-corrected chi connectivity index (χ0v) is 24.2. The molecule has 5 rings (SSSR count). The van der Waals surface area contributed by atoms with Crippen molar-refractivity contribution in [3.8, 4) is 11.1 Å². The first-order chi connectivity index (χ1) is 19.4. The predicted octanol–water partition coefficient (Wildman–Crippen LogP) is 2.83. The van der Waals surface area contributed by atoms with Gasteiger partial charge >= 0.3 is 0 Å². The third kappa shape index (κ3) is 6.00. The topological polar surface area (TPSA) is 157 Å². The fraction of sp³-hybridized carbons (Fsp3) is 0.269. The maximum Gasteiger partial charge on any atom is 0.248 e. The fourth-order valence-electron chi connectivity index (χ4n) is 4.61. The first-order valence-corrected chi connectivity index (χ1v) is 15.0. The van der Waals surface area contributed by atoms with Gasteiger partial charge in [-0.1, -0.05) is 12.1 Å². The Bertz CT molecular complexity index is 1800. The molecule has 1 aliphatic rings. The number of sulfone groups is 1. The van der Waals surface area contributed by atoms with Gasteiger partial charge in [0.25, 0.3) is 0 Å². The maximum atomic E-state index is 14.4. The van der Waals surface area contributed by atoms with Crippen molar-refractivity contribution in [3.63, 3.8) is 0 Å². The smallest absolute Gasteiger partial charge is 0.248 e. The van der Waals surface area contributed by atoms with E-state index in [1.54, 1.807) is 36.4 Å². The van der Waals surface area contributed by atoms with Gasteiger partial charge in [-0.15, -0.1) is 0 Å². The van der Waals surface area contributed by atoms with Crippen LogP contribution < -0.4 is 5.32 Å². The second-order valence-corrected chi connectivity index (χ2v) is 12.3. The average Bonchev–Trinajstić information content (AvgIpc) is 3.49. The second-order valence-electron chi connectivity index (χ2n) is 9.55. The summed E-state index contributed by atoms with van der Waals surface area (Å²) in [5, 5.41) is 7.12. The summed E-state index contributed by atoms with van der Waals surface area (Å²) in [5.41, 5.74) is 1.69. The molecule has 0 bridgehead atoms. The molecule has 1 aromatic carbocycles. The normalized spacial score (nSPS) is 17.1. The molecule has 0 saturated carbocycles. The average molecular weight is 644 g/mol. The summed E-state index contributed by atoms with van der Waals surface area (Å²) in [6.45, 7) is 0.755. The Hall–Kier alpha value is -4.11. The number of pyridine rings is 1. The van der Waals surface area contributed by atoms with E-state index in [1.165, 1.54) is 28.9 Å². The van der Waals surface area contributed by atoms with Crippen LogP contribution in [0.1, 0.15) is 23.8 Å². The van der Waals surface area contributed by atoms with Crippen molar-refractivity contribution in [1.29, 1.82) is 0 Å². The molecular weight excluding hydrogens is 621 g/mol. The van der Waals surface area contributed by atoms with Crippen LogP contribution in [0.25, 0.3) is 22.0 Å². The van der Waals surface area contributed by atoms with Gasteiger partial charge in [0.15, 0.2) is 5.78 Å². The molecule has 3 aromatic heterocycles. The van der Waals surface area contributed by atoms with E-state index < -0.39 is 33.9 Å². The van der Waals surface area contributed by atoms with Crippen molar-refractivity contribution in [2.75, 3.05) is 18.1 Å². The number of amides is 2. The first-order valence-electron chi connectivity index (χ1n) is 12.3. The summed E-state index contributed by atoms with van der Waals surface area (Å²) < 4.78 is 39.6. The van der Waals surface area contributed by atoms with Crippen molar-refractivity contribution >= 4 is 60.1 Å². The van der Waals surface area contributed by atoms with Crippen molar-refractivity contribution in [2.45, 2.75) is 37.3 Å². The van der Waals surface area contributed by atoms with Crippen LogP contribution in [0, 0.1) is 0 Å². The highest BCUT2D eigenvalue weighted by molar-refractivity contribution is 9.10. The number of ketones is 1. The number of aromatic nitrogens is 5. The second kappa shape index (κ2) is 11.0. The van der Waals surface area contributed by atoms with Gasteiger partial charge in [0.2, 0.25) is 26.8 Å². The Labute approximate surface area is 242 Å². The zero-order valence-electron chi connectivity index (χ0n) is 21.8. The number of nitrogens with one attached hydrogen (secondary N) is 1. The lowest BCUT2D eigenvalue weighted by atomic mass is 10.0. The van der Waals surface area contributed by atoms with Crippen LogP contribution in [-0.2, 0) is 26.0 Å². The monoisotopic (exact) mass is 643 g/mol. The van der Waals surface area contributed by atoms with Gasteiger partial charge < -0.3 is 10.2 Å². The molecule has 2 amide bonds. The summed E-state index contributed by atoms with van der Waals surface area (Å²) in [5.74, 6) is -1.19. The lowest BCUT2D eigenvalue weighted by molar-refractivity contribution is -0.137. The molecule has 1 N–H and O–H groups in total. The van der Waals surface area contributed by atoms with E-state index in [2.05, 4.69) is 41.3 Å².